The highest BCUT2D eigenvalue weighted by molar-refractivity contribution is 5.45. The van der Waals surface area contributed by atoms with Gasteiger partial charge in [-0.1, -0.05) is 0 Å². The predicted molar refractivity (Wildman–Crippen MR) is 34.4 cm³/mol. The van der Waals surface area contributed by atoms with E-state index in [9.17, 15) is 9.59 Å². The van der Waals surface area contributed by atoms with Crippen LogP contribution in [0.1, 0.15) is 19.3 Å². The third kappa shape index (κ3) is 6.90. The zero-order valence-electron chi connectivity index (χ0n) is 5.09. The van der Waals surface area contributed by atoms with Crippen molar-refractivity contribution in [2.45, 2.75) is 19.3 Å². The molecule has 0 aliphatic rings. The summed E-state index contributed by atoms with van der Waals surface area (Å²) in [6.07, 6.45) is 5.05. The Kier molecular flexibility index (Phi) is 6.06. The summed E-state index contributed by atoms with van der Waals surface area (Å²) in [5, 5.41) is 0. The lowest BCUT2D eigenvalue weighted by atomic mass is 10.2. The normalized spacial score (nSPS) is 7.11. The summed E-state index contributed by atoms with van der Waals surface area (Å²) in [6, 6.07) is 0. The third-order valence-electron chi connectivity index (χ3n) is 0.864. The highest BCUT2D eigenvalue weighted by atomic mass is 16.1. The largest absolute Gasteiger partial charge is 0.234 e. The maximum absolute atomic E-state index is 9.57. The van der Waals surface area contributed by atoms with Crippen molar-refractivity contribution in [1.29, 1.82) is 0 Å². The van der Waals surface area contributed by atoms with E-state index in [0.29, 0.717) is 12.8 Å². The number of carbonyl (C=O) groups excluding carboxylic acids is 2. The molecule has 0 rings (SSSR count). The van der Waals surface area contributed by atoms with E-state index in [1.165, 1.54) is 12.2 Å². The molecule has 0 aliphatic carbocycles. The van der Waals surface area contributed by atoms with Crippen molar-refractivity contribution in [3.8, 4) is 0 Å². The van der Waals surface area contributed by atoms with Crippen LogP contribution in [0.5, 0.6) is 0 Å². The van der Waals surface area contributed by atoms with E-state index in [0.717, 1.165) is 6.42 Å². The van der Waals surface area contributed by atoms with E-state index in [-0.39, 0.29) is 0 Å². The van der Waals surface area contributed by atoms with Crippen molar-refractivity contribution in [1.82, 2.24) is 0 Å². The van der Waals surface area contributed by atoms with E-state index >= 15 is 0 Å². The Labute approximate surface area is 53.9 Å². The number of rotatable bonds is 4. The minimum absolute atomic E-state index is 0.696. The lowest BCUT2D eigenvalue weighted by molar-refractivity contribution is 0.567. The highest BCUT2D eigenvalue weighted by Gasteiger charge is 1.78. The first kappa shape index (κ1) is 7.90. The Morgan fingerprint density at radius 2 is 1.44 bits per heavy atom. The second-order valence-corrected chi connectivity index (χ2v) is 1.57. The summed E-state index contributed by atoms with van der Waals surface area (Å²) < 4.78 is 0. The Morgan fingerprint density at radius 3 is 1.78 bits per heavy atom. The van der Waals surface area contributed by atoms with Crippen LogP contribution in [0.4, 0.5) is 0 Å². The molecule has 0 bridgehead atoms. The SMILES string of the molecule is O=C=CCCCC=C=O. The summed E-state index contributed by atoms with van der Waals surface area (Å²) in [5.41, 5.74) is 0. The van der Waals surface area contributed by atoms with E-state index in [2.05, 4.69) is 0 Å². The van der Waals surface area contributed by atoms with Gasteiger partial charge in [0, 0.05) is 0 Å². The van der Waals surface area contributed by atoms with E-state index in [1.807, 2.05) is 0 Å². The second-order valence-electron chi connectivity index (χ2n) is 1.57. The quantitative estimate of drug-likeness (QED) is 0.412. The van der Waals surface area contributed by atoms with Crippen molar-refractivity contribution in [3.05, 3.63) is 12.2 Å². The molecule has 0 atom stereocenters. The van der Waals surface area contributed by atoms with Gasteiger partial charge in [-0.2, -0.15) is 0 Å². The van der Waals surface area contributed by atoms with E-state index < -0.39 is 0 Å². The molecule has 2 heteroatoms. The molecule has 0 unspecified atom stereocenters. The van der Waals surface area contributed by atoms with Gasteiger partial charge in [-0.15, -0.1) is 0 Å². The first-order valence-corrected chi connectivity index (χ1v) is 2.80. The van der Waals surface area contributed by atoms with Crippen LogP contribution in [0.3, 0.4) is 0 Å². The van der Waals surface area contributed by atoms with Gasteiger partial charge in [0.25, 0.3) is 0 Å². The summed E-state index contributed by atoms with van der Waals surface area (Å²) in [7, 11) is 0. The summed E-state index contributed by atoms with van der Waals surface area (Å²) in [5.74, 6) is 3.31. The molecule has 48 valence electrons. The van der Waals surface area contributed by atoms with Gasteiger partial charge in [0.1, 0.15) is 11.9 Å². The summed E-state index contributed by atoms with van der Waals surface area (Å²) in [6.45, 7) is 0. The monoisotopic (exact) mass is 124 g/mol. The molecule has 2 nitrogen and oxygen atoms in total. The summed E-state index contributed by atoms with van der Waals surface area (Å²) in [4.78, 5) is 19.1. The maximum atomic E-state index is 9.57. The molecule has 0 heterocycles. The van der Waals surface area contributed by atoms with Crippen LogP contribution >= 0.6 is 0 Å². The topological polar surface area (TPSA) is 34.1 Å². The zero-order valence-corrected chi connectivity index (χ0v) is 5.09. The molecule has 0 aliphatic heterocycles. The van der Waals surface area contributed by atoms with Gasteiger partial charge in [0.15, 0.2) is 0 Å². The first-order valence-electron chi connectivity index (χ1n) is 2.80. The van der Waals surface area contributed by atoms with Gasteiger partial charge >= 0.3 is 0 Å². The Bertz CT molecular complexity index is 130. The van der Waals surface area contributed by atoms with Gasteiger partial charge < -0.3 is 0 Å². The standard InChI is InChI=1S/C7H8O2/c8-6-4-2-1-3-5-7-9/h4-5H,1-3H2. The molecule has 0 saturated heterocycles. The van der Waals surface area contributed by atoms with Crippen molar-refractivity contribution in [2.24, 2.45) is 0 Å². The average molecular weight is 124 g/mol. The van der Waals surface area contributed by atoms with Gasteiger partial charge in [-0.3, -0.25) is 0 Å². The smallest absolute Gasteiger partial charge is 0.120 e. The fraction of sp³-hybridized carbons (Fsp3) is 0.429. The molecule has 0 aromatic heterocycles. The molecular formula is C7H8O2. The fourth-order valence-corrected chi connectivity index (χ4v) is 0.440. The second kappa shape index (κ2) is 6.90. The van der Waals surface area contributed by atoms with Crippen LogP contribution in [-0.2, 0) is 9.59 Å². The lowest BCUT2D eigenvalue weighted by Gasteiger charge is -1.82. The molecule has 0 fully saturated rings. The van der Waals surface area contributed by atoms with Gasteiger partial charge in [-0.25, -0.2) is 9.59 Å². The predicted octanol–water partition coefficient (Wildman–Crippen LogP) is 0.932. The molecule has 9 heavy (non-hydrogen) atoms. The van der Waals surface area contributed by atoms with Crippen LogP contribution in [0.25, 0.3) is 0 Å². The fourth-order valence-electron chi connectivity index (χ4n) is 0.440. The van der Waals surface area contributed by atoms with Crippen LogP contribution in [0.15, 0.2) is 12.2 Å². The van der Waals surface area contributed by atoms with Gasteiger partial charge in [-0.05, 0) is 31.4 Å². The number of hydrogen-bond acceptors (Lipinski definition) is 2. The zero-order chi connectivity index (χ0) is 6.95. The van der Waals surface area contributed by atoms with Crippen molar-refractivity contribution < 1.29 is 9.59 Å². The average Bonchev–Trinajstić information content (AvgIpc) is 1.89. The molecule has 0 aromatic rings. The van der Waals surface area contributed by atoms with E-state index in [4.69, 9.17) is 0 Å². The van der Waals surface area contributed by atoms with Crippen LogP contribution in [0.2, 0.25) is 0 Å². The van der Waals surface area contributed by atoms with Crippen molar-refractivity contribution in [3.63, 3.8) is 0 Å². The Hall–Kier alpha value is -1.10. The summed E-state index contributed by atoms with van der Waals surface area (Å²) >= 11 is 0. The van der Waals surface area contributed by atoms with Crippen LogP contribution in [-0.4, -0.2) is 11.9 Å². The van der Waals surface area contributed by atoms with Crippen LogP contribution < -0.4 is 0 Å². The third-order valence-corrected chi connectivity index (χ3v) is 0.864. The Morgan fingerprint density at radius 1 is 1.00 bits per heavy atom. The lowest BCUT2D eigenvalue weighted by Crippen LogP contribution is -1.68. The van der Waals surface area contributed by atoms with Gasteiger partial charge in [0.2, 0.25) is 0 Å². The van der Waals surface area contributed by atoms with Crippen molar-refractivity contribution >= 4 is 11.9 Å². The molecular weight excluding hydrogens is 116 g/mol. The number of unbranched alkanes of at least 4 members (excludes halogenated alkanes) is 2. The Balaban J connectivity index is 3.09. The minimum Gasteiger partial charge on any atom is -0.234 e. The molecule has 0 amide bonds. The van der Waals surface area contributed by atoms with Crippen molar-refractivity contribution in [2.75, 3.05) is 0 Å². The van der Waals surface area contributed by atoms with Gasteiger partial charge in [0.05, 0.1) is 0 Å². The molecule has 0 aromatic carbocycles. The minimum atomic E-state index is 0.696. The highest BCUT2D eigenvalue weighted by Crippen LogP contribution is 1.93. The molecule has 0 saturated carbocycles. The molecule has 0 radical (unpaired) electrons. The van der Waals surface area contributed by atoms with Crippen LogP contribution in [0, 0.1) is 0 Å². The number of hydrogen-bond donors (Lipinski definition) is 0. The maximum Gasteiger partial charge on any atom is 0.120 e. The first-order chi connectivity index (χ1) is 4.41. The molecule has 0 spiro atoms. The molecule has 0 N–H and O–H groups in total. The van der Waals surface area contributed by atoms with E-state index in [1.54, 1.807) is 11.9 Å². The number of allylic oxidation sites excluding steroid dienone is 2.